The first-order valence-electron chi connectivity index (χ1n) is 3.87. The lowest BCUT2D eigenvalue weighted by atomic mass is 10.4. The Morgan fingerprint density at radius 1 is 1.46 bits per heavy atom. The van der Waals surface area contributed by atoms with Crippen LogP contribution in [-0.2, 0) is 4.79 Å². The summed E-state index contributed by atoms with van der Waals surface area (Å²) in [5.41, 5.74) is 0.622. The normalized spacial score (nSPS) is 15.5. The zero-order valence-corrected chi connectivity index (χ0v) is 6.77. The number of carbonyl (C=O) groups excluding carboxylic acids is 1. The molecule has 0 aliphatic carbocycles. The van der Waals surface area contributed by atoms with Gasteiger partial charge in [-0.1, -0.05) is 6.08 Å². The first-order chi connectivity index (χ1) is 6.27. The smallest absolute Gasteiger partial charge is 0.251 e. The summed E-state index contributed by atoms with van der Waals surface area (Å²) in [5, 5.41) is 0. The molecule has 2 heterocycles. The fraction of sp³-hybridized carbons (Fsp3) is 0.111. The highest BCUT2D eigenvalue weighted by Gasteiger charge is 2.16. The summed E-state index contributed by atoms with van der Waals surface area (Å²) in [6.07, 6.45) is 4.59. The van der Waals surface area contributed by atoms with E-state index >= 15 is 0 Å². The monoisotopic (exact) mass is 178 g/mol. The highest BCUT2D eigenvalue weighted by molar-refractivity contribution is 6.03. The second-order valence-electron chi connectivity index (χ2n) is 2.69. The maximum Gasteiger partial charge on any atom is 0.251 e. The fourth-order valence-corrected chi connectivity index (χ4v) is 1.20. The van der Waals surface area contributed by atoms with Crippen LogP contribution in [0.25, 0.3) is 0 Å². The topological polar surface area (TPSA) is 33.2 Å². The van der Waals surface area contributed by atoms with Crippen LogP contribution in [0.4, 0.5) is 10.1 Å². The van der Waals surface area contributed by atoms with Crippen molar-refractivity contribution in [2.75, 3.05) is 11.4 Å². The lowest BCUT2D eigenvalue weighted by Crippen LogP contribution is -2.24. The van der Waals surface area contributed by atoms with Gasteiger partial charge >= 0.3 is 0 Å². The summed E-state index contributed by atoms with van der Waals surface area (Å²) in [6.45, 7) is 0.534. The average molecular weight is 178 g/mol. The summed E-state index contributed by atoms with van der Waals surface area (Å²) in [6, 6.07) is 2.77. The Bertz CT molecular complexity index is 358. The molecule has 3 nitrogen and oxygen atoms in total. The van der Waals surface area contributed by atoms with Crippen LogP contribution in [0.2, 0.25) is 0 Å². The molecule has 0 spiro atoms. The molecule has 1 amide bonds. The van der Waals surface area contributed by atoms with Crippen LogP contribution in [0.1, 0.15) is 0 Å². The van der Waals surface area contributed by atoms with Gasteiger partial charge in [0.1, 0.15) is 0 Å². The fourth-order valence-electron chi connectivity index (χ4n) is 1.20. The van der Waals surface area contributed by atoms with Gasteiger partial charge < -0.3 is 4.90 Å². The summed E-state index contributed by atoms with van der Waals surface area (Å²) >= 11 is 0. The van der Waals surface area contributed by atoms with Crippen LogP contribution in [0.15, 0.2) is 30.5 Å². The molecule has 4 heteroatoms. The number of halogens is 1. The Morgan fingerprint density at radius 2 is 2.31 bits per heavy atom. The minimum Gasteiger partial charge on any atom is -0.303 e. The minimum absolute atomic E-state index is 0.0894. The molecule has 0 saturated carbocycles. The Hall–Kier alpha value is -1.71. The number of nitrogens with zero attached hydrogens (tertiary/aromatic N) is 2. The molecule has 13 heavy (non-hydrogen) atoms. The van der Waals surface area contributed by atoms with E-state index in [0.717, 1.165) is 0 Å². The van der Waals surface area contributed by atoms with Gasteiger partial charge in [-0.25, -0.2) is 4.98 Å². The molecule has 1 aliphatic heterocycles. The van der Waals surface area contributed by atoms with Gasteiger partial charge in [-0.2, -0.15) is 4.39 Å². The van der Waals surface area contributed by atoms with Crippen LogP contribution in [-0.4, -0.2) is 17.4 Å². The molecule has 0 aromatic carbocycles. The lowest BCUT2D eigenvalue weighted by Gasteiger charge is -2.14. The van der Waals surface area contributed by atoms with Crippen LogP contribution in [0, 0.1) is 5.95 Å². The standard InChI is InChI=1S/C9H7FN2O/c10-8-4-3-7(6-11-8)12-5-1-2-9(12)13/h1-4,6H,5H2. The third-order valence-corrected chi connectivity index (χ3v) is 1.84. The van der Waals surface area contributed by atoms with E-state index in [-0.39, 0.29) is 5.91 Å². The van der Waals surface area contributed by atoms with Gasteiger partial charge in [-0.15, -0.1) is 0 Å². The first kappa shape index (κ1) is 7.91. The number of amides is 1. The van der Waals surface area contributed by atoms with Crippen molar-refractivity contribution in [3.05, 3.63) is 36.4 Å². The van der Waals surface area contributed by atoms with E-state index < -0.39 is 5.95 Å². The van der Waals surface area contributed by atoms with Crippen molar-refractivity contribution < 1.29 is 9.18 Å². The van der Waals surface area contributed by atoms with E-state index in [0.29, 0.717) is 12.2 Å². The predicted molar refractivity (Wildman–Crippen MR) is 45.7 cm³/mol. The Labute approximate surface area is 74.5 Å². The molecule has 2 rings (SSSR count). The van der Waals surface area contributed by atoms with Gasteiger partial charge in [-0.3, -0.25) is 4.79 Å². The Balaban J connectivity index is 2.26. The highest BCUT2D eigenvalue weighted by atomic mass is 19.1. The Morgan fingerprint density at radius 3 is 2.85 bits per heavy atom. The molecule has 0 unspecified atom stereocenters. The predicted octanol–water partition coefficient (Wildman–Crippen LogP) is 1.12. The van der Waals surface area contributed by atoms with Crippen molar-refractivity contribution in [3.8, 4) is 0 Å². The minimum atomic E-state index is -0.539. The van der Waals surface area contributed by atoms with Crippen molar-refractivity contribution in [1.82, 2.24) is 4.98 Å². The quantitative estimate of drug-likeness (QED) is 0.604. The Kier molecular flexibility index (Phi) is 1.81. The molecule has 0 bridgehead atoms. The zero-order valence-electron chi connectivity index (χ0n) is 6.77. The van der Waals surface area contributed by atoms with Crippen LogP contribution in [0.3, 0.4) is 0 Å². The van der Waals surface area contributed by atoms with E-state index in [9.17, 15) is 9.18 Å². The summed E-state index contributed by atoms with van der Waals surface area (Å²) in [5.74, 6) is -0.628. The van der Waals surface area contributed by atoms with Gasteiger partial charge in [0.05, 0.1) is 11.9 Å². The molecular weight excluding hydrogens is 171 g/mol. The molecule has 1 aliphatic rings. The number of hydrogen-bond acceptors (Lipinski definition) is 2. The second-order valence-corrected chi connectivity index (χ2v) is 2.69. The van der Waals surface area contributed by atoms with E-state index in [1.807, 2.05) is 0 Å². The van der Waals surface area contributed by atoms with E-state index in [1.54, 1.807) is 6.08 Å². The molecule has 1 aromatic heterocycles. The largest absolute Gasteiger partial charge is 0.303 e. The third kappa shape index (κ3) is 1.42. The van der Waals surface area contributed by atoms with E-state index in [1.165, 1.54) is 29.3 Å². The summed E-state index contributed by atoms with van der Waals surface area (Å²) < 4.78 is 12.4. The van der Waals surface area contributed by atoms with Crippen molar-refractivity contribution in [2.24, 2.45) is 0 Å². The maximum absolute atomic E-state index is 12.4. The number of pyridine rings is 1. The van der Waals surface area contributed by atoms with Crippen molar-refractivity contribution in [2.45, 2.75) is 0 Å². The molecule has 0 N–H and O–H groups in total. The number of rotatable bonds is 1. The van der Waals surface area contributed by atoms with Crippen molar-refractivity contribution >= 4 is 11.6 Å². The van der Waals surface area contributed by atoms with E-state index in [2.05, 4.69) is 4.98 Å². The second kappa shape index (κ2) is 2.97. The van der Waals surface area contributed by atoms with Crippen LogP contribution in [0.5, 0.6) is 0 Å². The first-order valence-corrected chi connectivity index (χ1v) is 3.87. The molecule has 66 valence electrons. The molecule has 0 atom stereocenters. The van der Waals surface area contributed by atoms with Gasteiger partial charge in [0.25, 0.3) is 5.91 Å². The van der Waals surface area contributed by atoms with Gasteiger partial charge in [0, 0.05) is 12.6 Å². The van der Waals surface area contributed by atoms with Gasteiger partial charge in [-0.05, 0) is 12.1 Å². The number of aromatic nitrogens is 1. The zero-order chi connectivity index (χ0) is 9.26. The molecular formula is C9H7FN2O. The molecule has 0 saturated heterocycles. The average Bonchev–Trinajstić information content (AvgIpc) is 2.53. The molecule has 1 aromatic rings. The third-order valence-electron chi connectivity index (χ3n) is 1.84. The van der Waals surface area contributed by atoms with Crippen LogP contribution >= 0.6 is 0 Å². The summed E-state index contributed by atoms with van der Waals surface area (Å²) in [7, 11) is 0. The molecule has 0 fully saturated rings. The van der Waals surface area contributed by atoms with Gasteiger partial charge in [0.15, 0.2) is 0 Å². The van der Waals surface area contributed by atoms with Gasteiger partial charge in [0.2, 0.25) is 5.95 Å². The van der Waals surface area contributed by atoms with Crippen molar-refractivity contribution in [3.63, 3.8) is 0 Å². The number of anilines is 1. The van der Waals surface area contributed by atoms with E-state index in [4.69, 9.17) is 0 Å². The number of carbonyl (C=O) groups is 1. The molecule has 0 radical (unpaired) electrons. The van der Waals surface area contributed by atoms with Crippen molar-refractivity contribution in [1.29, 1.82) is 0 Å². The maximum atomic E-state index is 12.4. The highest BCUT2D eigenvalue weighted by Crippen LogP contribution is 2.15. The summed E-state index contributed by atoms with van der Waals surface area (Å²) in [4.78, 5) is 16.2. The lowest BCUT2D eigenvalue weighted by molar-refractivity contribution is -0.113. The SMILES string of the molecule is O=C1C=CCN1c1ccc(F)nc1. The van der Waals surface area contributed by atoms with Crippen LogP contribution < -0.4 is 4.90 Å². The number of hydrogen-bond donors (Lipinski definition) is 0.